The molecule has 3 heteroatoms. The minimum Gasteiger partial charge on any atom is -0.368 e. The quantitative estimate of drug-likeness (QED) is 0.644. The van der Waals surface area contributed by atoms with Crippen LogP contribution < -0.4 is 0 Å². The van der Waals surface area contributed by atoms with E-state index in [0.29, 0.717) is 24.4 Å². The van der Waals surface area contributed by atoms with E-state index in [2.05, 4.69) is 57.2 Å². The molecule has 2 aliphatic carbocycles. The number of ether oxygens (including phenoxy) is 1. The fourth-order valence-corrected chi connectivity index (χ4v) is 3.72. The van der Waals surface area contributed by atoms with Gasteiger partial charge in [-0.2, -0.15) is 0 Å². The predicted molar refractivity (Wildman–Crippen MR) is 104 cm³/mol. The van der Waals surface area contributed by atoms with Crippen LogP contribution in [0.2, 0.25) is 0 Å². The Hall–Kier alpha value is -1.74. The van der Waals surface area contributed by atoms with E-state index in [0.717, 1.165) is 29.9 Å². The van der Waals surface area contributed by atoms with E-state index in [-0.39, 0.29) is 5.60 Å². The van der Waals surface area contributed by atoms with Crippen molar-refractivity contribution in [1.29, 1.82) is 0 Å². The summed E-state index contributed by atoms with van der Waals surface area (Å²) in [5.74, 6) is 1.45. The second-order valence-corrected chi connectivity index (χ2v) is 8.42. The molecule has 0 amide bonds. The van der Waals surface area contributed by atoms with Gasteiger partial charge in [-0.05, 0) is 62.3 Å². The van der Waals surface area contributed by atoms with Crippen molar-refractivity contribution in [3.05, 3.63) is 59.2 Å². The van der Waals surface area contributed by atoms with E-state index in [1.165, 1.54) is 25.0 Å². The third-order valence-corrected chi connectivity index (χ3v) is 5.89. The van der Waals surface area contributed by atoms with Crippen LogP contribution in [0.25, 0.3) is 0 Å². The second-order valence-electron chi connectivity index (χ2n) is 8.42. The van der Waals surface area contributed by atoms with Crippen LogP contribution in [-0.2, 0) is 10.3 Å². The molecule has 1 unspecified atom stereocenters. The number of hydrogen-bond acceptors (Lipinski definition) is 3. The largest absolute Gasteiger partial charge is 0.368 e. The lowest BCUT2D eigenvalue weighted by molar-refractivity contribution is -0.113. The lowest BCUT2D eigenvalue weighted by atomic mass is 9.77. The van der Waals surface area contributed by atoms with E-state index in [4.69, 9.17) is 14.7 Å². The molecular formula is C23H30N2O. The van der Waals surface area contributed by atoms with Gasteiger partial charge in [0.15, 0.2) is 0 Å². The standard InChI is InChI=1S/C23H30N2O/c1-16(2)19-7-5-10-22(25-19)23(13-6-14-23)26-15-17(3)20-8-4-9-21(24-20)18-11-12-18/h4-5,7-10,16-18H,6,11-15H2,1-3H3. The number of aromatic nitrogens is 2. The molecule has 2 aromatic heterocycles. The van der Waals surface area contributed by atoms with Crippen molar-refractivity contribution in [2.45, 2.75) is 76.2 Å². The highest BCUT2D eigenvalue weighted by atomic mass is 16.5. The van der Waals surface area contributed by atoms with E-state index < -0.39 is 0 Å². The minimum atomic E-state index is -0.187. The first-order valence-corrected chi connectivity index (χ1v) is 10.2. The van der Waals surface area contributed by atoms with Gasteiger partial charge in [-0.15, -0.1) is 0 Å². The van der Waals surface area contributed by atoms with Gasteiger partial charge in [0.1, 0.15) is 5.60 Å². The summed E-state index contributed by atoms with van der Waals surface area (Å²) in [4.78, 5) is 9.82. The molecule has 2 aliphatic rings. The first-order chi connectivity index (χ1) is 12.6. The van der Waals surface area contributed by atoms with E-state index in [9.17, 15) is 0 Å². The van der Waals surface area contributed by atoms with E-state index >= 15 is 0 Å². The van der Waals surface area contributed by atoms with Crippen molar-refractivity contribution < 1.29 is 4.74 Å². The summed E-state index contributed by atoms with van der Waals surface area (Å²) in [5.41, 5.74) is 4.51. The summed E-state index contributed by atoms with van der Waals surface area (Å²) >= 11 is 0. The van der Waals surface area contributed by atoms with Gasteiger partial charge < -0.3 is 4.74 Å². The molecular weight excluding hydrogens is 320 g/mol. The third kappa shape index (κ3) is 3.55. The third-order valence-electron chi connectivity index (χ3n) is 5.89. The van der Waals surface area contributed by atoms with Gasteiger partial charge >= 0.3 is 0 Å². The Morgan fingerprint density at radius 1 is 1.00 bits per heavy atom. The predicted octanol–water partition coefficient (Wildman–Crippen LogP) is 5.68. The molecule has 0 radical (unpaired) electrons. The molecule has 0 bridgehead atoms. The highest BCUT2D eigenvalue weighted by Crippen LogP contribution is 2.45. The molecule has 0 aromatic carbocycles. The van der Waals surface area contributed by atoms with E-state index in [1.54, 1.807) is 0 Å². The summed E-state index contributed by atoms with van der Waals surface area (Å²) in [6.07, 6.45) is 5.95. The van der Waals surface area contributed by atoms with Crippen LogP contribution in [0.15, 0.2) is 36.4 Å². The summed E-state index contributed by atoms with van der Waals surface area (Å²) in [5, 5.41) is 0. The Kier molecular flexibility index (Phi) is 4.83. The van der Waals surface area contributed by atoms with Gasteiger partial charge in [-0.25, -0.2) is 0 Å². The molecule has 138 valence electrons. The molecule has 3 nitrogen and oxygen atoms in total. The van der Waals surface area contributed by atoms with Crippen LogP contribution in [0.4, 0.5) is 0 Å². The zero-order valence-electron chi connectivity index (χ0n) is 16.2. The Labute approximate surface area is 157 Å². The number of rotatable bonds is 7. The first-order valence-electron chi connectivity index (χ1n) is 10.2. The molecule has 2 aromatic rings. The van der Waals surface area contributed by atoms with Crippen molar-refractivity contribution in [2.75, 3.05) is 6.61 Å². The molecule has 2 heterocycles. The number of nitrogens with zero attached hydrogens (tertiary/aromatic N) is 2. The molecule has 0 aliphatic heterocycles. The van der Waals surface area contributed by atoms with E-state index in [1.807, 2.05) is 0 Å². The van der Waals surface area contributed by atoms with Crippen LogP contribution in [0.5, 0.6) is 0 Å². The SMILES string of the molecule is CC(C)c1cccc(C2(OCC(C)c3cccc(C4CC4)n3)CCC2)n1. The van der Waals surface area contributed by atoms with Gasteiger partial charge in [0.25, 0.3) is 0 Å². The van der Waals surface area contributed by atoms with Crippen LogP contribution in [0.1, 0.15) is 93.4 Å². The lowest BCUT2D eigenvalue weighted by Crippen LogP contribution is -2.39. The van der Waals surface area contributed by atoms with Crippen LogP contribution in [-0.4, -0.2) is 16.6 Å². The second kappa shape index (κ2) is 7.11. The molecule has 0 N–H and O–H groups in total. The number of pyridine rings is 2. The monoisotopic (exact) mass is 350 g/mol. The molecule has 4 rings (SSSR count). The smallest absolute Gasteiger partial charge is 0.110 e. The molecule has 0 saturated heterocycles. The molecule has 2 saturated carbocycles. The van der Waals surface area contributed by atoms with Gasteiger partial charge in [0, 0.05) is 28.9 Å². The van der Waals surface area contributed by atoms with Crippen LogP contribution in [0.3, 0.4) is 0 Å². The summed E-state index contributed by atoms with van der Waals surface area (Å²) in [7, 11) is 0. The van der Waals surface area contributed by atoms with Gasteiger partial charge in [-0.3, -0.25) is 9.97 Å². The van der Waals surface area contributed by atoms with Crippen molar-refractivity contribution in [1.82, 2.24) is 9.97 Å². The Balaban J connectivity index is 1.46. The maximum atomic E-state index is 6.52. The number of hydrogen-bond donors (Lipinski definition) is 0. The average Bonchev–Trinajstić information content (AvgIpc) is 3.46. The summed E-state index contributed by atoms with van der Waals surface area (Å²) < 4.78 is 6.52. The van der Waals surface area contributed by atoms with Crippen LogP contribution >= 0.6 is 0 Å². The van der Waals surface area contributed by atoms with Gasteiger partial charge in [-0.1, -0.05) is 32.9 Å². The Bertz CT molecular complexity index is 762. The van der Waals surface area contributed by atoms with Crippen molar-refractivity contribution in [3.63, 3.8) is 0 Å². The highest BCUT2D eigenvalue weighted by molar-refractivity contribution is 5.23. The zero-order chi connectivity index (χ0) is 18.1. The average molecular weight is 351 g/mol. The topological polar surface area (TPSA) is 35.0 Å². The fourth-order valence-electron chi connectivity index (χ4n) is 3.72. The Morgan fingerprint density at radius 3 is 2.38 bits per heavy atom. The Morgan fingerprint density at radius 2 is 1.73 bits per heavy atom. The van der Waals surface area contributed by atoms with Crippen LogP contribution in [0, 0.1) is 0 Å². The molecule has 1 atom stereocenters. The molecule has 2 fully saturated rings. The molecule has 0 spiro atoms. The molecule has 26 heavy (non-hydrogen) atoms. The van der Waals surface area contributed by atoms with Crippen molar-refractivity contribution in [3.8, 4) is 0 Å². The summed E-state index contributed by atoms with van der Waals surface area (Å²) in [6, 6.07) is 12.9. The van der Waals surface area contributed by atoms with Gasteiger partial charge in [0.05, 0.1) is 12.3 Å². The highest BCUT2D eigenvalue weighted by Gasteiger charge is 2.41. The van der Waals surface area contributed by atoms with Gasteiger partial charge in [0.2, 0.25) is 0 Å². The maximum absolute atomic E-state index is 6.52. The lowest BCUT2D eigenvalue weighted by Gasteiger charge is -2.42. The van der Waals surface area contributed by atoms with Crippen molar-refractivity contribution in [2.24, 2.45) is 0 Å². The maximum Gasteiger partial charge on any atom is 0.110 e. The minimum absolute atomic E-state index is 0.187. The van der Waals surface area contributed by atoms with Crippen molar-refractivity contribution >= 4 is 0 Å². The fraction of sp³-hybridized carbons (Fsp3) is 0.565. The zero-order valence-corrected chi connectivity index (χ0v) is 16.2. The normalized spacial score (nSPS) is 20.0. The first kappa shape index (κ1) is 17.7. The summed E-state index contributed by atoms with van der Waals surface area (Å²) in [6.45, 7) is 7.32.